The first-order valence-corrected chi connectivity index (χ1v) is 9.84. The van der Waals surface area contributed by atoms with Gasteiger partial charge in [0.05, 0.1) is 20.8 Å². The van der Waals surface area contributed by atoms with Crippen LogP contribution in [-0.4, -0.2) is 31.8 Å². The second-order valence-corrected chi connectivity index (χ2v) is 7.37. The molecule has 0 spiro atoms. The topological polar surface area (TPSA) is 67.8 Å². The van der Waals surface area contributed by atoms with Gasteiger partial charge in [0.25, 0.3) is 0 Å². The number of amides is 1. The number of unbranched alkanes of at least 4 members (excludes halogenated alkanes) is 1. The molecule has 1 amide bonds. The van der Waals surface area contributed by atoms with Gasteiger partial charge in [0.15, 0.2) is 11.5 Å². The molecule has 0 saturated carbocycles. The lowest BCUT2D eigenvalue weighted by Gasteiger charge is -2.25. The molecule has 2 N–H and O–H groups in total. The molecule has 28 heavy (non-hydrogen) atoms. The zero-order valence-electron chi connectivity index (χ0n) is 16.7. The van der Waals surface area contributed by atoms with E-state index in [9.17, 15) is 9.90 Å². The number of benzene rings is 2. The van der Waals surface area contributed by atoms with Gasteiger partial charge in [-0.25, -0.2) is 0 Å². The van der Waals surface area contributed by atoms with Crippen molar-refractivity contribution in [3.05, 3.63) is 59.2 Å². The van der Waals surface area contributed by atoms with Crippen molar-refractivity contribution in [3.63, 3.8) is 0 Å². The third-order valence-corrected chi connectivity index (χ3v) is 5.46. The average molecular weight is 383 g/mol. The molecule has 0 bridgehead atoms. The summed E-state index contributed by atoms with van der Waals surface area (Å²) >= 11 is 0. The molecule has 2 aromatic carbocycles. The van der Waals surface area contributed by atoms with Gasteiger partial charge < -0.3 is 19.9 Å². The van der Waals surface area contributed by atoms with Crippen LogP contribution in [0.3, 0.4) is 0 Å². The van der Waals surface area contributed by atoms with E-state index in [4.69, 9.17) is 9.47 Å². The molecule has 0 radical (unpaired) electrons. The Hall–Kier alpha value is -2.53. The van der Waals surface area contributed by atoms with E-state index >= 15 is 0 Å². The van der Waals surface area contributed by atoms with Crippen molar-refractivity contribution < 1.29 is 19.4 Å². The van der Waals surface area contributed by atoms with E-state index in [0.29, 0.717) is 24.3 Å². The molecule has 0 heterocycles. The maximum absolute atomic E-state index is 12.2. The molecule has 5 heteroatoms. The van der Waals surface area contributed by atoms with Crippen LogP contribution in [0.5, 0.6) is 11.5 Å². The number of aliphatic hydroxyl groups is 1. The summed E-state index contributed by atoms with van der Waals surface area (Å²) in [5.41, 5.74) is 2.09. The quantitative estimate of drug-likeness (QED) is 0.652. The van der Waals surface area contributed by atoms with Gasteiger partial charge in [0, 0.05) is 6.42 Å². The fourth-order valence-electron chi connectivity index (χ4n) is 3.81. The van der Waals surface area contributed by atoms with Gasteiger partial charge in [-0.05, 0) is 60.9 Å². The third-order valence-electron chi connectivity index (χ3n) is 5.46. The fraction of sp³-hybridized carbons (Fsp3) is 0.435. The Kier molecular flexibility index (Phi) is 6.57. The van der Waals surface area contributed by atoms with E-state index in [1.165, 1.54) is 5.56 Å². The average Bonchev–Trinajstić information content (AvgIpc) is 3.05. The number of methoxy groups -OCH3 is 2. The molecule has 150 valence electrons. The van der Waals surface area contributed by atoms with E-state index in [0.717, 1.165) is 36.8 Å². The molecule has 0 saturated heterocycles. The molecule has 0 fully saturated rings. The number of fused-ring (bicyclic) bond motifs is 1. The van der Waals surface area contributed by atoms with E-state index in [-0.39, 0.29) is 12.5 Å². The molecule has 0 aromatic heterocycles. The van der Waals surface area contributed by atoms with Crippen LogP contribution in [0, 0.1) is 0 Å². The first-order valence-electron chi connectivity index (χ1n) is 9.84. The van der Waals surface area contributed by atoms with Gasteiger partial charge in [-0.2, -0.15) is 0 Å². The smallest absolute Gasteiger partial charge is 0.220 e. The van der Waals surface area contributed by atoms with Crippen molar-refractivity contribution in [2.24, 2.45) is 0 Å². The summed E-state index contributed by atoms with van der Waals surface area (Å²) in [6, 6.07) is 14.0. The highest BCUT2D eigenvalue weighted by atomic mass is 16.5. The molecule has 2 aromatic rings. The van der Waals surface area contributed by atoms with Crippen LogP contribution >= 0.6 is 0 Å². The number of aryl methyl sites for hydroxylation is 2. The zero-order chi connectivity index (χ0) is 20.0. The number of nitrogens with one attached hydrogen (secondary N) is 1. The predicted octanol–water partition coefficient (Wildman–Crippen LogP) is 3.37. The molecule has 1 aliphatic carbocycles. The van der Waals surface area contributed by atoms with Crippen LogP contribution < -0.4 is 14.8 Å². The Balaban J connectivity index is 1.50. The van der Waals surface area contributed by atoms with E-state index < -0.39 is 5.60 Å². The summed E-state index contributed by atoms with van der Waals surface area (Å²) in [7, 11) is 3.18. The molecule has 0 aliphatic heterocycles. The number of carbonyl (C=O) groups is 1. The normalized spacial score (nSPS) is 17.8. The molecule has 1 atom stereocenters. The van der Waals surface area contributed by atoms with Crippen LogP contribution in [0.4, 0.5) is 0 Å². The first-order chi connectivity index (χ1) is 13.6. The van der Waals surface area contributed by atoms with Gasteiger partial charge in [-0.3, -0.25) is 4.79 Å². The van der Waals surface area contributed by atoms with Crippen molar-refractivity contribution in [1.29, 1.82) is 0 Å². The van der Waals surface area contributed by atoms with Crippen LogP contribution in [0.25, 0.3) is 0 Å². The Morgan fingerprint density at radius 3 is 2.54 bits per heavy atom. The van der Waals surface area contributed by atoms with E-state index in [2.05, 4.69) is 17.4 Å². The summed E-state index contributed by atoms with van der Waals surface area (Å²) in [6.45, 7) is 0.215. The lowest BCUT2D eigenvalue weighted by atomic mass is 9.95. The minimum atomic E-state index is -1.06. The predicted molar refractivity (Wildman–Crippen MR) is 109 cm³/mol. The highest BCUT2D eigenvalue weighted by Crippen LogP contribution is 2.42. The fourth-order valence-corrected chi connectivity index (χ4v) is 3.81. The minimum Gasteiger partial charge on any atom is -0.493 e. The molecule has 1 unspecified atom stereocenters. The molecule has 3 rings (SSSR count). The molecular formula is C23H29NO4. The Morgan fingerprint density at radius 1 is 1.11 bits per heavy atom. The van der Waals surface area contributed by atoms with Crippen molar-refractivity contribution in [1.82, 2.24) is 5.32 Å². The SMILES string of the molecule is COc1cc2c(cc1OC)C(O)(CNC(=O)CCCCc1ccccc1)CC2. The summed E-state index contributed by atoms with van der Waals surface area (Å²) < 4.78 is 10.7. The van der Waals surface area contributed by atoms with E-state index in [1.807, 2.05) is 30.3 Å². The van der Waals surface area contributed by atoms with Crippen LogP contribution in [0.1, 0.15) is 42.4 Å². The lowest BCUT2D eigenvalue weighted by Crippen LogP contribution is -2.39. The molecular weight excluding hydrogens is 354 g/mol. The second kappa shape index (κ2) is 9.11. The van der Waals surface area contributed by atoms with Crippen molar-refractivity contribution in [2.45, 2.75) is 44.1 Å². The van der Waals surface area contributed by atoms with Crippen LogP contribution in [0.2, 0.25) is 0 Å². The molecule has 1 aliphatic rings. The summed E-state index contributed by atoms with van der Waals surface area (Å²) in [5.74, 6) is 1.23. The Labute approximate surface area is 166 Å². The largest absolute Gasteiger partial charge is 0.493 e. The van der Waals surface area contributed by atoms with Crippen molar-refractivity contribution in [2.75, 3.05) is 20.8 Å². The standard InChI is InChI=1S/C23H29NO4/c1-27-20-14-18-12-13-23(26,19(18)15-21(20)28-2)16-24-22(25)11-7-6-10-17-8-4-3-5-9-17/h3-5,8-9,14-15,26H,6-7,10-13,16H2,1-2H3,(H,24,25). The van der Waals surface area contributed by atoms with Gasteiger partial charge in [-0.15, -0.1) is 0 Å². The number of rotatable bonds is 9. The van der Waals surface area contributed by atoms with Crippen LogP contribution in [0.15, 0.2) is 42.5 Å². The number of hydrogen-bond acceptors (Lipinski definition) is 4. The maximum atomic E-state index is 12.2. The minimum absolute atomic E-state index is 0.0181. The Bertz CT molecular complexity index is 806. The van der Waals surface area contributed by atoms with Gasteiger partial charge in [0.1, 0.15) is 5.60 Å². The highest BCUT2D eigenvalue weighted by molar-refractivity contribution is 5.76. The van der Waals surface area contributed by atoms with Crippen LogP contribution in [-0.2, 0) is 23.2 Å². The second-order valence-electron chi connectivity index (χ2n) is 7.37. The van der Waals surface area contributed by atoms with Crippen molar-refractivity contribution in [3.8, 4) is 11.5 Å². The Morgan fingerprint density at radius 2 is 1.82 bits per heavy atom. The summed E-state index contributed by atoms with van der Waals surface area (Å²) in [6.07, 6.45) is 4.59. The third kappa shape index (κ3) is 4.65. The van der Waals surface area contributed by atoms with Gasteiger partial charge in [-0.1, -0.05) is 30.3 Å². The van der Waals surface area contributed by atoms with Gasteiger partial charge in [0.2, 0.25) is 5.91 Å². The number of carbonyl (C=O) groups excluding carboxylic acids is 1. The van der Waals surface area contributed by atoms with Gasteiger partial charge >= 0.3 is 0 Å². The highest BCUT2D eigenvalue weighted by Gasteiger charge is 2.38. The summed E-state index contributed by atoms with van der Waals surface area (Å²) in [5, 5.41) is 14.0. The summed E-state index contributed by atoms with van der Waals surface area (Å²) in [4.78, 5) is 12.2. The monoisotopic (exact) mass is 383 g/mol. The maximum Gasteiger partial charge on any atom is 0.220 e. The molecule has 5 nitrogen and oxygen atoms in total. The van der Waals surface area contributed by atoms with Crippen molar-refractivity contribution >= 4 is 5.91 Å². The van der Waals surface area contributed by atoms with E-state index in [1.54, 1.807) is 14.2 Å². The lowest BCUT2D eigenvalue weighted by molar-refractivity contribution is -0.122. The number of hydrogen-bond donors (Lipinski definition) is 2. The number of ether oxygens (including phenoxy) is 2. The first kappa shape index (κ1) is 20.2. The zero-order valence-corrected chi connectivity index (χ0v) is 16.7.